The molecule has 2 N–H and O–H groups in total. The highest BCUT2D eigenvalue weighted by molar-refractivity contribution is 5.80. The van der Waals surface area contributed by atoms with Crippen molar-refractivity contribution in [3.8, 4) is 5.75 Å². The highest BCUT2D eigenvalue weighted by Gasteiger charge is 2.02. The molecule has 1 aromatic heterocycles. The van der Waals surface area contributed by atoms with E-state index in [1.807, 2.05) is 24.3 Å². The monoisotopic (exact) mass is 280 g/mol. The first-order chi connectivity index (χ1) is 10.3. The van der Waals surface area contributed by atoms with Crippen LogP contribution < -0.4 is 10.5 Å². The summed E-state index contributed by atoms with van der Waals surface area (Å²) in [6.45, 7) is 3.65. The second kappa shape index (κ2) is 5.92. The first-order valence-corrected chi connectivity index (χ1v) is 7.32. The summed E-state index contributed by atoms with van der Waals surface area (Å²) in [6.07, 6.45) is 3.19. The fourth-order valence-corrected chi connectivity index (χ4v) is 2.49. The normalized spacial score (nSPS) is 10.9. The van der Waals surface area contributed by atoms with E-state index in [1.165, 1.54) is 16.5 Å². The van der Waals surface area contributed by atoms with Gasteiger partial charge < -0.3 is 15.0 Å². The van der Waals surface area contributed by atoms with E-state index in [0.717, 1.165) is 24.4 Å². The minimum Gasteiger partial charge on any atom is -0.492 e. The van der Waals surface area contributed by atoms with Gasteiger partial charge in [-0.15, -0.1) is 0 Å². The lowest BCUT2D eigenvalue weighted by Crippen LogP contribution is -2.07. The summed E-state index contributed by atoms with van der Waals surface area (Å²) in [6, 6.07) is 16.3. The lowest BCUT2D eigenvalue weighted by atomic mass is 10.1. The predicted molar refractivity (Wildman–Crippen MR) is 87.7 cm³/mol. The van der Waals surface area contributed by atoms with Crippen molar-refractivity contribution in [1.29, 1.82) is 0 Å². The maximum absolute atomic E-state index is 5.75. The Kier molecular flexibility index (Phi) is 3.82. The number of nitrogen functional groups attached to an aromatic ring is 1. The SMILES string of the molecule is CCc1ccc2c(ccn2CCOc2ccc(N)cc2)c1. The van der Waals surface area contributed by atoms with Crippen LogP contribution in [0.15, 0.2) is 54.7 Å². The quantitative estimate of drug-likeness (QED) is 0.721. The van der Waals surface area contributed by atoms with Gasteiger partial charge in [-0.25, -0.2) is 0 Å². The fraction of sp³-hybridized carbons (Fsp3) is 0.222. The molecule has 0 saturated heterocycles. The standard InChI is InChI=1S/C18H20N2O/c1-2-14-3-8-18-15(13-14)9-10-20(18)11-12-21-17-6-4-16(19)5-7-17/h3-10,13H,2,11-12,19H2,1H3. The summed E-state index contributed by atoms with van der Waals surface area (Å²) in [5, 5.41) is 1.29. The molecule has 0 aliphatic rings. The number of nitrogens with two attached hydrogens (primary N) is 1. The van der Waals surface area contributed by atoms with E-state index in [9.17, 15) is 0 Å². The van der Waals surface area contributed by atoms with Gasteiger partial charge in [0.1, 0.15) is 12.4 Å². The largest absolute Gasteiger partial charge is 0.492 e. The van der Waals surface area contributed by atoms with Crippen LogP contribution in [0.1, 0.15) is 12.5 Å². The lowest BCUT2D eigenvalue weighted by Gasteiger charge is -2.09. The van der Waals surface area contributed by atoms with Crippen molar-refractivity contribution >= 4 is 16.6 Å². The molecule has 0 aliphatic heterocycles. The lowest BCUT2D eigenvalue weighted by molar-refractivity contribution is 0.300. The van der Waals surface area contributed by atoms with Gasteiger partial charge in [-0.2, -0.15) is 0 Å². The smallest absolute Gasteiger partial charge is 0.119 e. The van der Waals surface area contributed by atoms with Crippen molar-refractivity contribution in [2.45, 2.75) is 19.9 Å². The minimum atomic E-state index is 0.642. The van der Waals surface area contributed by atoms with Crippen LogP contribution in [0.5, 0.6) is 5.75 Å². The molecule has 0 saturated carbocycles. The molecule has 0 bridgehead atoms. The molecule has 0 spiro atoms. The third-order valence-corrected chi connectivity index (χ3v) is 3.72. The van der Waals surface area contributed by atoms with Gasteiger partial charge >= 0.3 is 0 Å². The average Bonchev–Trinajstić information content (AvgIpc) is 2.91. The summed E-state index contributed by atoms with van der Waals surface area (Å²) in [5.74, 6) is 0.855. The van der Waals surface area contributed by atoms with Gasteiger partial charge in [-0.05, 0) is 59.8 Å². The Bertz CT molecular complexity index is 729. The molecule has 3 heteroatoms. The third kappa shape index (κ3) is 3.02. The van der Waals surface area contributed by atoms with Crippen LogP contribution in [0.3, 0.4) is 0 Å². The van der Waals surface area contributed by atoms with Gasteiger partial charge in [0.2, 0.25) is 0 Å². The van der Waals surface area contributed by atoms with Crippen molar-refractivity contribution in [2.24, 2.45) is 0 Å². The Morgan fingerprint density at radius 1 is 1.05 bits per heavy atom. The molecule has 21 heavy (non-hydrogen) atoms. The maximum Gasteiger partial charge on any atom is 0.119 e. The molecule has 3 aromatic rings. The molecule has 1 heterocycles. The Hall–Kier alpha value is -2.42. The Morgan fingerprint density at radius 3 is 2.62 bits per heavy atom. The van der Waals surface area contributed by atoms with Gasteiger partial charge in [-0.3, -0.25) is 0 Å². The molecule has 0 unspecified atom stereocenters. The van der Waals surface area contributed by atoms with Crippen molar-refractivity contribution in [3.05, 3.63) is 60.3 Å². The predicted octanol–water partition coefficient (Wildman–Crippen LogP) is 3.86. The topological polar surface area (TPSA) is 40.2 Å². The van der Waals surface area contributed by atoms with E-state index in [1.54, 1.807) is 0 Å². The van der Waals surface area contributed by atoms with Crippen LogP contribution in [-0.2, 0) is 13.0 Å². The van der Waals surface area contributed by atoms with Crippen LogP contribution >= 0.6 is 0 Å². The molecule has 3 nitrogen and oxygen atoms in total. The van der Waals surface area contributed by atoms with E-state index in [2.05, 4.69) is 42.0 Å². The summed E-state index contributed by atoms with van der Waals surface area (Å²) in [5.41, 5.74) is 9.04. The van der Waals surface area contributed by atoms with Crippen LogP contribution in [-0.4, -0.2) is 11.2 Å². The molecule has 0 amide bonds. The van der Waals surface area contributed by atoms with E-state index < -0.39 is 0 Å². The van der Waals surface area contributed by atoms with Gasteiger partial charge in [-0.1, -0.05) is 13.0 Å². The Labute approximate surface area is 125 Å². The number of aryl methyl sites for hydroxylation is 1. The number of ether oxygens (including phenoxy) is 1. The third-order valence-electron chi connectivity index (χ3n) is 3.72. The second-order valence-electron chi connectivity index (χ2n) is 5.17. The Balaban J connectivity index is 1.66. The molecule has 0 aliphatic carbocycles. The highest BCUT2D eigenvalue weighted by Crippen LogP contribution is 2.18. The first-order valence-electron chi connectivity index (χ1n) is 7.32. The van der Waals surface area contributed by atoms with E-state index in [-0.39, 0.29) is 0 Å². The van der Waals surface area contributed by atoms with Crippen molar-refractivity contribution < 1.29 is 4.74 Å². The zero-order valence-corrected chi connectivity index (χ0v) is 12.3. The van der Waals surface area contributed by atoms with Crippen molar-refractivity contribution in [2.75, 3.05) is 12.3 Å². The van der Waals surface area contributed by atoms with Gasteiger partial charge in [0.05, 0.1) is 6.54 Å². The van der Waals surface area contributed by atoms with Crippen LogP contribution in [0.2, 0.25) is 0 Å². The fourth-order valence-electron chi connectivity index (χ4n) is 2.49. The summed E-state index contributed by atoms with van der Waals surface area (Å²) < 4.78 is 7.98. The zero-order chi connectivity index (χ0) is 14.7. The van der Waals surface area contributed by atoms with Crippen molar-refractivity contribution in [3.63, 3.8) is 0 Å². The zero-order valence-electron chi connectivity index (χ0n) is 12.3. The molecule has 0 atom stereocenters. The van der Waals surface area contributed by atoms with Crippen molar-refractivity contribution in [1.82, 2.24) is 4.57 Å². The Morgan fingerprint density at radius 2 is 1.86 bits per heavy atom. The number of hydrogen-bond acceptors (Lipinski definition) is 2. The number of nitrogens with zero attached hydrogens (tertiary/aromatic N) is 1. The number of aromatic nitrogens is 1. The maximum atomic E-state index is 5.75. The number of anilines is 1. The van der Waals surface area contributed by atoms with Gasteiger partial charge in [0, 0.05) is 17.4 Å². The number of hydrogen-bond donors (Lipinski definition) is 1. The first kappa shape index (κ1) is 13.6. The molecule has 108 valence electrons. The summed E-state index contributed by atoms with van der Waals surface area (Å²) >= 11 is 0. The number of rotatable bonds is 5. The van der Waals surface area contributed by atoms with E-state index in [4.69, 9.17) is 10.5 Å². The van der Waals surface area contributed by atoms with Crippen LogP contribution in [0.4, 0.5) is 5.69 Å². The molecule has 0 radical (unpaired) electrons. The van der Waals surface area contributed by atoms with E-state index >= 15 is 0 Å². The molecule has 2 aromatic carbocycles. The summed E-state index contributed by atoms with van der Waals surface area (Å²) in [4.78, 5) is 0. The number of benzene rings is 2. The number of fused-ring (bicyclic) bond motifs is 1. The average molecular weight is 280 g/mol. The molecule has 3 rings (SSSR count). The van der Waals surface area contributed by atoms with E-state index in [0.29, 0.717) is 6.61 Å². The summed E-state index contributed by atoms with van der Waals surface area (Å²) in [7, 11) is 0. The van der Waals surface area contributed by atoms with Crippen LogP contribution in [0, 0.1) is 0 Å². The molecule has 0 fully saturated rings. The minimum absolute atomic E-state index is 0.642. The van der Waals surface area contributed by atoms with Crippen LogP contribution in [0.25, 0.3) is 10.9 Å². The molecular weight excluding hydrogens is 260 g/mol. The van der Waals surface area contributed by atoms with Gasteiger partial charge in [0.15, 0.2) is 0 Å². The van der Waals surface area contributed by atoms with Gasteiger partial charge in [0.25, 0.3) is 0 Å². The second-order valence-corrected chi connectivity index (χ2v) is 5.17. The highest BCUT2D eigenvalue weighted by atomic mass is 16.5. The molecular formula is C18H20N2O.